The lowest BCUT2D eigenvalue weighted by Crippen LogP contribution is -2.40. The lowest BCUT2D eigenvalue weighted by atomic mass is 9.94. The van der Waals surface area contributed by atoms with Crippen LogP contribution in [0.2, 0.25) is 5.15 Å². The molecule has 2 atom stereocenters. The molecule has 0 saturated carbocycles. The van der Waals surface area contributed by atoms with Crippen molar-refractivity contribution in [3.63, 3.8) is 0 Å². The van der Waals surface area contributed by atoms with Gasteiger partial charge in [0.2, 0.25) is 0 Å². The normalized spacial score (nSPS) is 24.2. The monoisotopic (exact) mass is 306 g/mol. The number of ether oxygens (including phenoxy) is 1. The van der Waals surface area contributed by atoms with Gasteiger partial charge in [-0.25, -0.2) is 9.78 Å². The van der Waals surface area contributed by atoms with E-state index in [1.807, 2.05) is 31.7 Å². The molecule has 21 heavy (non-hydrogen) atoms. The quantitative estimate of drug-likeness (QED) is 0.739. The molecule has 2 bridgehead atoms. The maximum atomic E-state index is 12.4. The Balaban J connectivity index is 1.81. The highest BCUT2D eigenvalue weighted by atomic mass is 35.5. The van der Waals surface area contributed by atoms with E-state index in [9.17, 15) is 4.79 Å². The van der Waals surface area contributed by atoms with Gasteiger partial charge in [0.15, 0.2) is 0 Å². The van der Waals surface area contributed by atoms with Crippen LogP contribution in [0, 0.1) is 0 Å². The maximum absolute atomic E-state index is 12.4. The van der Waals surface area contributed by atoms with Gasteiger partial charge in [-0.1, -0.05) is 23.7 Å². The van der Waals surface area contributed by atoms with E-state index in [1.54, 1.807) is 12.3 Å². The van der Waals surface area contributed by atoms with Crippen molar-refractivity contribution in [2.24, 2.45) is 0 Å². The fourth-order valence-corrected chi connectivity index (χ4v) is 3.15. The van der Waals surface area contributed by atoms with Gasteiger partial charge in [0.25, 0.3) is 0 Å². The second-order valence-corrected chi connectivity index (χ2v) is 6.93. The first kappa shape index (κ1) is 14.4. The fraction of sp³-hybridized carbons (Fsp3) is 0.500. The summed E-state index contributed by atoms with van der Waals surface area (Å²) >= 11 is 5.83. The van der Waals surface area contributed by atoms with Crippen molar-refractivity contribution >= 4 is 23.3 Å². The van der Waals surface area contributed by atoms with Gasteiger partial charge in [0.1, 0.15) is 10.8 Å². The Hall–Kier alpha value is -1.55. The van der Waals surface area contributed by atoms with Gasteiger partial charge >= 0.3 is 6.09 Å². The van der Waals surface area contributed by atoms with Gasteiger partial charge in [-0.15, -0.1) is 0 Å². The third-order valence-corrected chi connectivity index (χ3v) is 4.05. The Morgan fingerprint density at radius 2 is 2.14 bits per heavy atom. The first-order valence-corrected chi connectivity index (χ1v) is 7.58. The average molecular weight is 307 g/mol. The average Bonchev–Trinajstić information content (AvgIpc) is 2.95. The van der Waals surface area contributed by atoms with E-state index in [4.69, 9.17) is 16.3 Å². The Morgan fingerprint density at radius 1 is 1.38 bits per heavy atom. The van der Waals surface area contributed by atoms with E-state index >= 15 is 0 Å². The van der Waals surface area contributed by atoms with Gasteiger partial charge in [-0.2, -0.15) is 0 Å². The molecule has 2 aliphatic heterocycles. The molecule has 2 unspecified atom stereocenters. The van der Waals surface area contributed by atoms with Crippen molar-refractivity contribution in [2.75, 3.05) is 0 Å². The van der Waals surface area contributed by atoms with Crippen LogP contribution in [0.4, 0.5) is 4.79 Å². The molecule has 5 heteroatoms. The number of pyridine rings is 1. The smallest absolute Gasteiger partial charge is 0.411 e. The molecule has 1 saturated heterocycles. The van der Waals surface area contributed by atoms with Gasteiger partial charge in [-0.3, -0.25) is 4.90 Å². The zero-order valence-corrected chi connectivity index (χ0v) is 13.2. The summed E-state index contributed by atoms with van der Waals surface area (Å²) in [6, 6.07) is 3.96. The fourth-order valence-electron chi connectivity index (χ4n) is 3.04. The summed E-state index contributed by atoms with van der Waals surface area (Å²) in [6.07, 6.45) is 5.65. The number of amides is 1. The lowest BCUT2D eigenvalue weighted by molar-refractivity contribution is 0.0235. The third kappa shape index (κ3) is 2.77. The van der Waals surface area contributed by atoms with Crippen molar-refractivity contribution < 1.29 is 9.53 Å². The number of hydrogen-bond donors (Lipinski definition) is 0. The van der Waals surface area contributed by atoms with E-state index in [1.165, 1.54) is 0 Å². The van der Waals surface area contributed by atoms with Crippen molar-refractivity contribution in [3.05, 3.63) is 35.1 Å². The van der Waals surface area contributed by atoms with E-state index in [0.717, 1.165) is 24.0 Å². The number of carbonyl (C=O) groups is 1. The van der Waals surface area contributed by atoms with Crippen molar-refractivity contribution in [1.29, 1.82) is 0 Å². The molecule has 0 N–H and O–H groups in total. The highest BCUT2D eigenvalue weighted by Crippen LogP contribution is 2.42. The number of fused-ring (bicyclic) bond motifs is 2. The summed E-state index contributed by atoms with van der Waals surface area (Å²) in [6.45, 7) is 5.67. The molecular weight excluding hydrogens is 288 g/mol. The summed E-state index contributed by atoms with van der Waals surface area (Å²) < 4.78 is 5.52. The van der Waals surface area contributed by atoms with E-state index in [0.29, 0.717) is 5.15 Å². The van der Waals surface area contributed by atoms with Gasteiger partial charge in [0, 0.05) is 6.20 Å². The summed E-state index contributed by atoms with van der Waals surface area (Å²) in [5, 5.41) is 0.478. The van der Waals surface area contributed by atoms with Crippen LogP contribution in [0.1, 0.15) is 39.2 Å². The molecule has 112 valence electrons. The van der Waals surface area contributed by atoms with Crippen LogP contribution in [0.15, 0.2) is 24.4 Å². The first-order chi connectivity index (χ1) is 9.85. The van der Waals surface area contributed by atoms with Gasteiger partial charge in [0.05, 0.1) is 12.1 Å². The molecule has 0 aliphatic carbocycles. The van der Waals surface area contributed by atoms with Crippen LogP contribution >= 0.6 is 11.6 Å². The first-order valence-electron chi connectivity index (χ1n) is 7.20. The SMILES string of the molecule is CC(C)(C)OC(=O)N1C2C=C(c3ccc(Cl)nc3)C1CC2. The van der Waals surface area contributed by atoms with Crippen LogP contribution in [0.5, 0.6) is 0 Å². The molecule has 2 aliphatic rings. The standard InChI is InChI=1S/C16H19ClN2O2/c1-16(2,3)21-15(20)19-11-5-6-13(19)12(8-11)10-4-7-14(17)18-9-10/h4,7-9,11,13H,5-6H2,1-3H3. The summed E-state index contributed by atoms with van der Waals surface area (Å²) in [5.41, 5.74) is 1.71. The topological polar surface area (TPSA) is 42.4 Å². The number of hydrogen-bond acceptors (Lipinski definition) is 3. The molecule has 1 fully saturated rings. The van der Waals surface area contributed by atoms with Crippen molar-refractivity contribution in [2.45, 2.75) is 51.3 Å². The maximum Gasteiger partial charge on any atom is 0.411 e. The molecule has 4 nitrogen and oxygen atoms in total. The Kier molecular flexibility index (Phi) is 3.44. The van der Waals surface area contributed by atoms with Crippen LogP contribution in [0.25, 0.3) is 5.57 Å². The molecule has 3 heterocycles. The van der Waals surface area contributed by atoms with Crippen LogP contribution in [0.3, 0.4) is 0 Å². The minimum absolute atomic E-state index is 0.0906. The zero-order valence-electron chi connectivity index (χ0n) is 12.5. The second-order valence-electron chi connectivity index (χ2n) is 6.54. The number of rotatable bonds is 1. The highest BCUT2D eigenvalue weighted by molar-refractivity contribution is 6.29. The number of carbonyl (C=O) groups excluding carboxylic acids is 1. The molecule has 0 aromatic carbocycles. The van der Waals surface area contributed by atoms with Crippen LogP contribution < -0.4 is 0 Å². The summed E-state index contributed by atoms with van der Waals surface area (Å²) in [4.78, 5) is 18.4. The largest absolute Gasteiger partial charge is 0.444 e. The molecule has 1 aromatic heterocycles. The molecule has 1 amide bonds. The van der Waals surface area contributed by atoms with Crippen molar-refractivity contribution in [1.82, 2.24) is 9.88 Å². The summed E-state index contributed by atoms with van der Waals surface area (Å²) in [5.74, 6) is 0. The molecule has 0 radical (unpaired) electrons. The zero-order chi connectivity index (χ0) is 15.2. The van der Waals surface area contributed by atoms with Gasteiger partial charge in [-0.05, 0) is 50.8 Å². The van der Waals surface area contributed by atoms with E-state index < -0.39 is 5.60 Å². The number of nitrogens with zero attached hydrogens (tertiary/aromatic N) is 2. The predicted molar refractivity (Wildman–Crippen MR) is 82.1 cm³/mol. The van der Waals surface area contributed by atoms with Crippen LogP contribution in [-0.2, 0) is 4.74 Å². The van der Waals surface area contributed by atoms with Crippen molar-refractivity contribution in [3.8, 4) is 0 Å². The molecule has 3 rings (SSSR count). The molecule has 1 aromatic rings. The third-order valence-electron chi connectivity index (χ3n) is 3.82. The second kappa shape index (κ2) is 5.02. The highest BCUT2D eigenvalue weighted by Gasteiger charge is 2.45. The Morgan fingerprint density at radius 3 is 2.76 bits per heavy atom. The predicted octanol–water partition coefficient (Wildman–Crippen LogP) is 3.90. The number of aromatic nitrogens is 1. The molecular formula is C16H19ClN2O2. The van der Waals surface area contributed by atoms with E-state index in [2.05, 4.69) is 11.1 Å². The summed E-state index contributed by atoms with van der Waals surface area (Å²) in [7, 11) is 0. The lowest BCUT2D eigenvalue weighted by Gasteiger charge is -2.28. The van der Waals surface area contributed by atoms with Crippen LogP contribution in [-0.4, -0.2) is 33.7 Å². The van der Waals surface area contributed by atoms with Gasteiger partial charge < -0.3 is 4.74 Å². The minimum atomic E-state index is -0.471. The molecule has 0 spiro atoms. The Labute approximate surface area is 129 Å². The number of halogens is 1. The minimum Gasteiger partial charge on any atom is -0.444 e. The Bertz CT molecular complexity index is 589. The van der Waals surface area contributed by atoms with E-state index in [-0.39, 0.29) is 18.2 Å².